The van der Waals surface area contributed by atoms with Crippen LogP contribution in [0, 0.1) is 5.92 Å². The standard InChI is InChI=1S/C14H19N3O2/c1-9(2)7-12-13(15)14(18)17(16-12)10-5-4-6-11(8-10)19-3/h4-6,8-9,16H,7,15H2,1-3H3. The topological polar surface area (TPSA) is 73.0 Å². The maximum atomic E-state index is 12.1. The molecule has 1 aromatic heterocycles. The van der Waals surface area contributed by atoms with Gasteiger partial charge in [0.1, 0.15) is 11.4 Å². The first-order valence-electron chi connectivity index (χ1n) is 6.26. The molecule has 0 saturated heterocycles. The number of nitrogens with two attached hydrogens (primary N) is 1. The number of methoxy groups -OCH3 is 1. The Morgan fingerprint density at radius 2 is 2.16 bits per heavy atom. The van der Waals surface area contributed by atoms with Gasteiger partial charge in [-0.2, -0.15) is 0 Å². The molecule has 0 bridgehead atoms. The molecular formula is C14H19N3O2. The van der Waals surface area contributed by atoms with E-state index < -0.39 is 0 Å². The minimum Gasteiger partial charge on any atom is -0.497 e. The molecule has 2 aromatic rings. The normalized spacial score (nSPS) is 10.9. The van der Waals surface area contributed by atoms with Crippen molar-refractivity contribution in [1.82, 2.24) is 9.78 Å². The Hall–Kier alpha value is -2.17. The van der Waals surface area contributed by atoms with Gasteiger partial charge in [0.2, 0.25) is 0 Å². The highest BCUT2D eigenvalue weighted by molar-refractivity contribution is 5.46. The van der Waals surface area contributed by atoms with Gasteiger partial charge < -0.3 is 10.5 Å². The van der Waals surface area contributed by atoms with E-state index in [0.29, 0.717) is 17.4 Å². The maximum absolute atomic E-state index is 12.1. The van der Waals surface area contributed by atoms with Crippen LogP contribution in [-0.4, -0.2) is 16.9 Å². The summed E-state index contributed by atoms with van der Waals surface area (Å²) in [5, 5.41) is 3.07. The second-order valence-corrected chi connectivity index (χ2v) is 4.94. The minimum absolute atomic E-state index is 0.219. The van der Waals surface area contributed by atoms with Crippen molar-refractivity contribution < 1.29 is 4.74 Å². The van der Waals surface area contributed by atoms with E-state index in [0.717, 1.165) is 12.1 Å². The Bertz CT molecular complexity index is 626. The number of nitrogens with one attached hydrogen (secondary N) is 1. The molecule has 1 heterocycles. The lowest BCUT2D eigenvalue weighted by Crippen LogP contribution is -2.16. The SMILES string of the molecule is COc1cccc(-n2[nH]c(CC(C)C)c(N)c2=O)c1. The molecule has 0 aliphatic rings. The molecule has 2 rings (SSSR count). The van der Waals surface area contributed by atoms with E-state index in [1.165, 1.54) is 4.68 Å². The summed E-state index contributed by atoms with van der Waals surface area (Å²) in [6, 6.07) is 7.28. The minimum atomic E-state index is -0.219. The first kappa shape index (κ1) is 13.3. The molecule has 3 N–H and O–H groups in total. The van der Waals surface area contributed by atoms with Gasteiger partial charge in [-0.15, -0.1) is 0 Å². The first-order chi connectivity index (χ1) is 9.02. The number of rotatable bonds is 4. The van der Waals surface area contributed by atoms with E-state index in [-0.39, 0.29) is 11.2 Å². The Morgan fingerprint density at radius 1 is 1.42 bits per heavy atom. The summed E-state index contributed by atoms with van der Waals surface area (Å²) >= 11 is 0. The predicted molar refractivity (Wildman–Crippen MR) is 75.9 cm³/mol. The predicted octanol–water partition coefficient (Wildman–Crippen LogP) is 1.95. The lowest BCUT2D eigenvalue weighted by molar-refractivity contribution is 0.414. The van der Waals surface area contributed by atoms with E-state index in [9.17, 15) is 4.79 Å². The molecule has 19 heavy (non-hydrogen) atoms. The number of nitrogen functional groups attached to an aromatic ring is 1. The van der Waals surface area contributed by atoms with Crippen LogP contribution >= 0.6 is 0 Å². The van der Waals surface area contributed by atoms with Gasteiger partial charge in [-0.3, -0.25) is 9.89 Å². The van der Waals surface area contributed by atoms with Crippen LogP contribution in [0.2, 0.25) is 0 Å². The van der Waals surface area contributed by atoms with E-state index in [1.807, 2.05) is 18.2 Å². The van der Waals surface area contributed by atoms with Crippen LogP contribution < -0.4 is 16.0 Å². The molecule has 0 atom stereocenters. The van der Waals surface area contributed by atoms with E-state index >= 15 is 0 Å². The molecule has 5 nitrogen and oxygen atoms in total. The summed E-state index contributed by atoms with van der Waals surface area (Å²) in [6.07, 6.45) is 0.748. The molecule has 0 amide bonds. The summed E-state index contributed by atoms with van der Waals surface area (Å²) in [6.45, 7) is 4.17. The van der Waals surface area contributed by atoms with Crippen molar-refractivity contribution in [3.8, 4) is 11.4 Å². The smallest absolute Gasteiger partial charge is 0.294 e. The van der Waals surface area contributed by atoms with Crippen LogP contribution in [0.25, 0.3) is 5.69 Å². The largest absolute Gasteiger partial charge is 0.497 e. The molecule has 0 unspecified atom stereocenters. The van der Waals surface area contributed by atoms with Gasteiger partial charge in [0.05, 0.1) is 18.5 Å². The van der Waals surface area contributed by atoms with Crippen molar-refractivity contribution in [2.75, 3.05) is 12.8 Å². The second-order valence-electron chi connectivity index (χ2n) is 4.94. The van der Waals surface area contributed by atoms with Gasteiger partial charge in [-0.25, -0.2) is 4.68 Å². The maximum Gasteiger partial charge on any atom is 0.294 e. The average molecular weight is 261 g/mol. The van der Waals surface area contributed by atoms with Crippen molar-refractivity contribution in [3.63, 3.8) is 0 Å². The Labute approximate surface area is 112 Å². The highest BCUT2D eigenvalue weighted by atomic mass is 16.5. The second kappa shape index (κ2) is 5.22. The van der Waals surface area contributed by atoms with Gasteiger partial charge in [0.15, 0.2) is 0 Å². The average Bonchev–Trinajstić information content (AvgIpc) is 2.67. The third kappa shape index (κ3) is 2.65. The van der Waals surface area contributed by atoms with Gasteiger partial charge in [0, 0.05) is 6.07 Å². The van der Waals surface area contributed by atoms with Crippen molar-refractivity contribution >= 4 is 5.69 Å². The number of hydrogen-bond acceptors (Lipinski definition) is 3. The van der Waals surface area contributed by atoms with Crippen LogP contribution in [-0.2, 0) is 6.42 Å². The molecule has 0 spiro atoms. The number of H-pyrrole nitrogens is 1. The monoisotopic (exact) mass is 261 g/mol. The number of nitrogens with zero attached hydrogens (tertiary/aromatic N) is 1. The molecular weight excluding hydrogens is 242 g/mol. The van der Waals surface area contributed by atoms with Crippen LogP contribution in [0.1, 0.15) is 19.5 Å². The van der Waals surface area contributed by atoms with Crippen LogP contribution in [0.15, 0.2) is 29.1 Å². The fourth-order valence-electron chi connectivity index (χ4n) is 1.99. The van der Waals surface area contributed by atoms with E-state index in [1.54, 1.807) is 13.2 Å². The Kier molecular flexibility index (Phi) is 3.64. The number of hydrogen-bond donors (Lipinski definition) is 2. The third-order valence-electron chi connectivity index (χ3n) is 2.93. The summed E-state index contributed by atoms with van der Waals surface area (Å²) < 4.78 is 6.61. The molecule has 0 fully saturated rings. The Morgan fingerprint density at radius 3 is 2.79 bits per heavy atom. The lowest BCUT2D eigenvalue weighted by Gasteiger charge is -2.05. The van der Waals surface area contributed by atoms with Gasteiger partial charge in [-0.05, 0) is 24.5 Å². The molecule has 0 aliphatic carbocycles. The van der Waals surface area contributed by atoms with Crippen molar-refractivity contribution in [1.29, 1.82) is 0 Å². The number of anilines is 1. The highest BCUT2D eigenvalue weighted by Gasteiger charge is 2.13. The van der Waals surface area contributed by atoms with Crippen molar-refractivity contribution in [2.24, 2.45) is 5.92 Å². The molecule has 0 saturated carbocycles. The lowest BCUT2D eigenvalue weighted by atomic mass is 10.1. The van der Waals surface area contributed by atoms with Gasteiger partial charge in [-0.1, -0.05) is 19.9 Å². The zero-order valence-electron chi connectivity index (χ0n) is 11.4. The summed E-state index contributed by atoms with van der Waals surface area (Å²) in [5.41, 5.74) is 7.43. The summed E-state index contributed by atoms with van der Waals surface area (Å²) in [5.74, 6) is 1.13. The van der Waals surface area contributed by atoms with E-state index in [4.69, 9.17) is 10.5 Å². The third-order valence-corrected chi connectivity index (χ3v) is 2.93. The molecule has 102 valence electrons. The molecule has 5 heteroatoms. The van der Waals surface area contributed by atoms with E-state index in [2.05, 4.69) is 18.9 Å². The molecule has 1 aromatic carbocycles. The highest BCUT2D eigenvalue weighted by Crippen LogP contribution is 2.17. The summed E-state index contributed by atoms with van der Waals surface area (Å²) in [4.78, 5) is 12.1. The van der Waals surface area contributed by atoms with Crippen LogP contribution in [0.5, 0.6) is 5.75 Å². The number of benzene rings is 1. The van der Waals surface area contributed by atoms with Gasteiger partial charge in [0.25, 0.3) is 5.56 Å². The Balaban J connectivity index is 2.47. The zero-order valence-corrected chi connectivity index (χ0v) is 11.4. The number of aromatic amines is 1. The van der Waals surface area contributed by atoms with Crippen LogP contribution in [0.3, 0.4) is 0 Å². The van der Waals surface area contributed by atoms with Crippen LogP contribution in [0.4, 0.5) is 5.69 Å². The quantitative estimate of drug-likeness (QED) is 0.883. The fourth-order valence-corrected chi connectivity index (χ4v) is 1.99. The fraction of sp³-hybridized carbons (Fsp3) is 0.357. The zero-order chi connectivity index (χ0) is 14.0. The molecule has 0 radical (unpaired) electrons. The number of aromatic nitrogens is 2. The van der Waals surface area contributed by atoms with Gasteiger partial charge >= 0.3 is 0 Å². The van der Waals surface area contributed by atoms with Crippen molar-refractivity contribution in [2.45, 2.75) is 20.3 Å². The number of ether oxygens (including phenoxy) is 1. The molecule has 0 aliphatic heterocycles. The first-order valence-corrected chi connectivity index (χ1v) is 6.26. The summed E-state index contributed by atoms with van der Waals surface area (Å²) in [7, 11) is 1.59. The van der Waals surface area contributed by atoms with Crippen molar-refractivity contribution in [3.05, 3.63) is 40.3 Å².